The van der Waals surface area contributed by atoms with E-state index in [-0.39, 0.29) is 18.9 Å². The standard InChI is InChI=1S/C14H18N2O4/c1-10(20-13(18)8-9-15-11(2)17)14(19)16-12-6-4-3-5-7-12/h3-7,10H,8-9H2,1-2H3,(H,15,17)(H,16,19)/t10-/m1/s1. The minimum Gasteiger partial charge on any atom is -0.452 e. The first-order chi connectivity index (χ1) is 9.49. The number of para-hydroxylation sites is 1. The molecule has 1 aromatic carbocycles. The third kappa shape index (κ3) is 5.99. The lowest BCUT2D eigenvalue weighted by molar-refractivity contribution is -0.153. The molecule has 0 aliphatic carbocycles. The predicted molar refractivity (Wildman–Crippen MR) is 73.9 cm³/mol. The van der Waals surface area contributed by atoms with Crippen molar-refractivity contribution in [2.24, 2.45) is 0 Å². The topological polar surface area (TPSA) is 84.5 Å². The molecule has 6 heteroatoms. The van der Waals surface area contributed by atoms with Gasteiger partial charge in [0.25, 0.3) is 5.91 Å². The second-order valence-electron chi connectivity index (χ2n) is 4.22. The third-order valence-electron chi connectivity index (χ3n) is 2.42. The number of ether oxygens (including phenoxy) is 1. The highest BCUT2D eigenvalue weighted by molar-refractivity contribution is 5.95. The molecule has 0 unspecified atom stereocenters. The summed E-state index contributed by atoms with van der Waals surface area (Å²) in [5.74, 6) is -1.15. The molecule has 108 valence electrons. The van der Waals surface area contributed by atoms with Crippen LogP contribution >= 0.6 is 0 Å². The van der Waals surface area contributed by atoms with Crippen molar-refractivity contribution >= 4 is 23.5 Å². The van der Waals surface area contributed by atoms with Gasteiger partial charge < -0.3 is 15.4 Å². The summed E-state index contributed by atoms with van der Waals surface area (Å²) in [7, 11) is 0. The molecule has 6 nitrogen and oxygen atoms in total. The average Bonchev–Trinajstić information content (AvgIpc) is 2.39. The van der Waals surface area contributed by atoms with E-state index in [1.807, 2.05) is 6.07 Å². The van der Waals surface area contributed by atoms with Crippen molar-refractivity contribution in [3.63, 3.8) is 0 Å². The molecule has 20 heavy (non-hydrogen) atoms. The van der Waals surface area contributed by atoms with Crippen LogP contribution in [0.5, 0.6) is 0 Å². The van der Waals surface area contributed by atoms with Crippen molar-refractivity contribution in [1.82, 2.24) is 5.32 Å². The SMILES string of the molecule is CC(=O)NCCC(=O)O[C@H](C)C(=O)Nc1ccccc1. The molecule has 1 aromatic rings. The van der Waals surface area contributed by atoms with E-state index in [4.69, 9.17) is 4.74 Å². The molecule has 0 saturated heterocycles. The summed E-state index contributed by atoms with van der Waals surface area (Å²) in [5, 5.41) is 5.11. The lowest BCUT2D eigenvalue weighted by Crippen LogP contribution is -2.31. The molecule has 1 rings (SSSR count). The number of hydrogen-bond acceptors (Lipinski definition) is 4. The second kappa shape index (κ2) is 7.93. The highest BCUT2D eigenvalue weighted by Gasteiger charge is 2.17. The van der Waals surface area contributed by atoms with Crippen molar-refractivity contribution in [2.45, 2.75) is 26.4 Å². The summed E-state index contributed by atoms with van der Waals surface area (Å²) in [4.78, 5) is 33.8. The molecule has 0 fully saturated rings. The van der Waals surface area contributed by atoms with Gasteiger partial charge in [-0.2, -0.15) is 0 Å². The van der Waals surface area contributed by atoms with E-state index in [2.05, 4.69) is 10.6 Å². The van der Waals surface area contributed by atoms with E-state index >= 15 is 0 Å². The summed E-state index contributed by atoms with van der Waals surface area (Å²) in [6.45, 7) is 3.05. The van der Waals surface area contributed by atoms with Crippen molar-refractivity contribution in [3.8, 4) is 0 Å². The van der Waals surface area contributed by atoms with Crippen molar-refractivity contribution in [2.75, 3.05) is 11.9 Å². The highest BCUT2D eigenvalue weighted by Crippen LogP contribution is 2.06. The van der Waals surface area contributed by atoms with Crippen LogP contribution in [-0.2, 0) is 19.1 Å². The maximum Gasteiger partial charge on any atom is 0.308 e. The number of hydrogen-bond donors (Lipinski definition) is 2. The normalized spacial score (nSPS) is 11.3. The molecule has 1 atom stereocenters. The van der Waals surface area contributed by atoms with E-state index in [0.717, 1.165) is 0 Å². The van der Waals surface area contributed by atoms with Crippen LogP contribution in [0.4, 0.5) is 5.69 Å². The molecule has 0 heterocycles. The van der Waals surface area contributed by atoms with Crippen LogP contribution in [0.1, 0.15) is 20.3 Å². The zero-order valence-electron chi connectivity index (χ0n) is 11.5. The van der Waals surface area contributed by atoms with E-state index in [0.29, 0.717) is 5.69 Å². The van der Waals surface area contributed by atoms with Crippen LogP contribution in [0, 0.1) is 0 Å². The summed E-state index contributed by atoms with van der Waals surface area (Å²) < 4.78 is 4.96. The zero-order valence-corrected chi connectivity index (χ0v) is 11.5. The van der Waals surface area contributed by atoms with Gasteiger partial charge in [-0.05, 0) is 19.1 Å². The maximum absolute atomic E-state index is 11.8. The number of esters is 1. The fourth-order valence-electron chi connectivity index (χ4n) is 1.42. The second-order valence-corrected chi connectivity index (χ2v) is 4.22. The summed E-state index contributed by atoms with van der Waals surface area (Å²) in [6.07, 6.45) is -0.859. The smallest absolute Gasteiger partial charge is 0.308 e. The number of nitrogens with one attached hydrogen (secondary N) is 2. The number of carbonyl (C=O) groups excluding carboxylic acids is 3. The molecule has 0 saturated carbocycles. The summed E-state index contributed by atoms with van der Waals surface area (Å²) in [5.41, 5.74) is 0.638. The first-order valence-electron chi connectivity index (χ1n) is 6.29. The number of rotatable bonds is 6. The average molecular weight is 278 g/mol. The molecular weight excluding hydrogens is 260 g/mol. The summed E-state index contributed by atoms with van der Waals surface area (Å²) in [6, 6.07) is 8.90. The van der Waals surface area contributed by atoms with Gasteiger partial charge in [-0.25, -0.2) is 0 Å². The van der Waals surface area contributed by atoms with Gasteiger partial charge in [0.05, 0.1) is 6.42 Å². The zero-order chi connectivity index (χ0) is 15.0. The maximum atomic E-state index is 11.8. The quantitative estimate of drug-likeness (QED) is 0.763. The van der Waals surface area contributed by atoms with Crippen molar-refractivity contribution < 1.29 is 19.1 Å². The lowest BCUT2D eigenvalue weighted by atomic mass is 10.3. The summed E-state index contributed by atoms with van der Waals surface area (Å²) >= 11 is 0. The Bertz CT molecular complexity index is 473. The first-order valence-corrected chi connectivity index (χ1v) is 6.29. The highest BCUT2D eigenvalue weighted by atomic mass is 16.5. The Kier molecular flexibility index (Phi) is 6.22. The first kappa shape index (κ1) is 15.7. The Morgan fingerprint density at radius 1 is 1.20 bits per heavy atom. The Morgan fingerprint density at radius 2 is 1.85 bits per heavy atom. The van der Waals surface area contributed by atoms with Crippen LogP contribution < -0.4 is 10.6 Å². The van der Waals surface area contributed by atoms with Gasteiger partial charge in [-0.1, -0.05) is 18.2 Å². The van der Waals surface area contributed by atoms with Crippen molar-refractivity contribution in [1.29, 1.82) is 0 Å². The minimum atomic E-state index is -0.889. The molecule has 0 bridgehead atoms. The molecule has 0 aliphatic rings. The van der Waals surface area contributed by atoms with Crippen LogP contribution in [0.2, 0.25) is 0 Å². The van der Waals surface area contributed by atoms with Crippen LogP contribution in [0.25, 0.3) is 0 Å². The molecule has 0 spiro atoms. The van der Waals surface area contributed by atoms with E-state index in [1.165, 1.54) is 13.8 Å². The Morgan fingerprint density at radius 3 is 2.45 bits per heavy atom. The molecule has 2 amide bonds. The molecule has 0 aliphatic heterocycles. The van der Waals surface area contributed by atoms with Gasteiger partial charge in [0, 0.05) is 19.2 Å². The number of anilines is 1. The van der Waals surface area contributed by atoms with E-state index in [1.54, 1.807) is 24.3 Å². The third-order valence-corrected chi connectivity index (χ3v) is 2.42. The van der Waals surface area contributed by atoms with E-state index in [9.17, 15) is 14.4 Å². The van der Waals surface area contributed by atoms with Gasteiger partial charge in [0.15, 0.2) is 6.10 Å². The molecule has 2 N–H and O–H groups in total. The van der Waals surface area contributed by atoms with Gasteiger partial charge in [0.1, 0.15) is 0 Å². The number of carbonyl (C=O) groups is 3. The molecule has 0 aromatic heterocycles. The fraction of sp³-hybridized carbons (Fsp3) is 0.357. The monoisotopic (exact) mass is 278 g/mol. The van der Waals surface area contributed by atoms with Crippen LogP contribution in [0.3, 0.4) is 0 Å². The largest absolute Gasteiger partial charge is 0.452 e. The van der Waals surface area contributed by atoms with Gasteiger partial charge >= 0.3 is 5.97 Å². The van der Waals surface area contributed by atoms with Crippen LogP contribution in [-0.4, -0.2) is 30.4 Å². The Labute approximate surface area is 117 Å². The Hall–Kier alpha value is -2.37. The van der Waals surface area contributed by atoms with Gasteiger partial charge in [0.2, 0.25) is 5.91 Å². The van der Waals surface area contributed by atoms with Crippen LogP contribution in [0.15, 0.2) is 30.3 Å². The predicted octanol–water partition coefficient (Wildman–Crippen LogP) is 1.08. The fourth-order valence-corrected chi connectivity index (χ4v) is 1.42. The lowest BCUT2D eigenvalue weighted by Gasteiger charge is -2.13. The minimum absolute atomic E-state index is 0.0303. The number of amides is 2. The number of benzene rings is 1. The van der Waals surface area contributed by atoms with Crippen molar-refractivity contribution in [3.05, 3.63) is 30.3 Å². The Balaban J connectivity index is 2.34. The molecular formula is C14H18N2O4. The molecule has 0 radical (unpaired) electrons. The van der Waals surface area contributed by atoms with E-state index < -0.39 is 18.0 Å². The van der Waals surface area contributed by atoms with Gasteiger partial charge in [-0.3, -0.25) is 14.4 Å². The van der Waals surface area contributed by atoms with Gasteiger partial charge in [-0.15, -0.1) is 0 Å².